The molecule has 0 aliphatic heterocycles. The molecular formula is C12H17N7O3. The molecular weight excluding hydrogens is 290 g/mol. The first kappa shape index (κ1) is 15.8. The van der Waals surface area contributed by atoms with Crippen molar-refractivity contribution in [1.29, 1.82) is 0 Å². The van der Waals surface area contributed by atoms with Crippen LogP contribution in [0.1, 0.15) is 5.82 Å². The summed E-state index contributed by atoms with van der Waals surface area (Å²) in [6.45, 7) is 0.0832. The van der Waals surface area contributed by atoms with Crippen molar-refractivity contribution in [1.82, 2.24) is 35.4 Å². The highest BCUT2D eigenvalue weighted by Crippen LogP contribution is 2.08. The first-order valence-corrected chi connectivity index (χ1v) is 6.66. The lowest BCUT2D eigenvalue weighted by atomic mass is 10.4. The van der Waals surface area contributed by atoms with E-state index in [0.29, 0.717) is 17.3 Å². The number of carbonyl (C=O) groups is 1. The van der Waals surface area contributed by atoms with Gasteiger partial charge in [-0.05, 0) is 0 Å². The van der Waals surface area contributed by atoms with Gasteiger partial charge in [0, 0.05) is 25.5 Å². The molecule has 0 radical (unpaired) electrons. The minimum Gasteiger partial charge on any atom is -0.395 e. The summed E-state index contributed by atoms with van der Waals surface area (Å²) in [4.78, 5) is 25.4. The molecule has 0 saturated carbocycles. The summed E-state index contributed by atoms with van der Waals surface area (Å²) in [6.07, 6.45) is 4.62. The normalized spacial score (nSPS) is 10.5. The van der Waals surface area contributed by atoms with Gasteiger partial charge in [0.05, 0.1) is 26.0 Å². The molecule has 0 aliphatic carbocycles. The molecule has 0 fully saturated rings. The van der Waals surface area contributed by atoms with Crippen LogP contribution in [-0.2, 0) is 6.54 Å². The summed E-state index contributed by atoms with van der Waals surface area (Å²) in [7, 11) is 0. The van der Waals surface area contributed by atoms with Crippen LogP contribution in [0.15, 0.2) is 18.6 Å². The molecule has 2 heterocycles. The van der Waals surface area contributed by atoms with Crippen LogP contribution in [0.25, 0.3) is 11.5 Å². The van der Waals surface area contributed by atoms with Crippen molar-refractivity contribution < 1.29 is 15.0 Å². The molecule has 0 bridgehead atoms. The van der Waals surface area contributed by atoms with E-state index in [2.05, 4.69) is 30.5 Å². The van der Waals surface area contributed by atoms with Crippen LogP contribution < -0.4 is 5.32 Å². The molecule has 0 aromatic carbocycles. The zero-order valence-electron chi connectivity index (χ0n) is 11.8. The fourth-order valence-corrected chi connectivity index (χ4v) is 1.73. The van der Waals surface area contributed by atoms with Crippen molar-refractivity contribution >= 4 is 6.03 Å². The Hall–Kier alpha value is -2.59. The van der Waals surface area contributed by atoms with E-state index >= 15 is 0 Å². The number of aromatic amines is 1. The molecule has 0 saturated heterocycles. The van der Waals surface area contributed by atoms with E-state index in [-0.39, 0.29) is 32.8 Å². The van der Waals surface area contributed by atoms with E-state index in [4.69, 9.17) is 10.2 Å². The highest BCUT2D eigenvalue weighted by atomic mass is 16.3. The molecule has 118 valence electrons. The SMILES string of the molecule is O=C(NCc1nc(-c2cnccn2)n[nH]1)N(CCO)CCO. The van der Waals surface area contributed by atoms with Crippen molar-refractivity contribution in [3.05, 3.63) is 24.4 Å². The average molecular weight is 307 g/mol. The number of aliphatic hydroxyl groups is 2. The van der Waals surface area contributed by atoms with Gasteiger partial charge in [0.15, 0.2) is 0 Å². The van der Waals surface area contributed by atoms with E-state index in [9.17, 15) is 4.79 Å². The molecule has 10 heteroatoms. The molecule has 0 spiro atoms. The zero-order valence-corrected chi connectivity index (χ0v) is 11.8. The van der Waals surface area contributed by atoms with E-state index in [1.54, 1.807) is 6.20 Å². The first-order chi connectivity index (χ1) is 10.7. The Morgan fingerprint density at radius 3 is 2.68 bits per heavy atom. The molecule has 10 nitrogen and oxygen atoms in total. The molecule has 22 heavy (non-hydrogen) atoms. The fourth-order valence-electron chi connectivity index (χ4n) is 1.73. The van der Waals surface area contributed by atoms with Crippen LogP contribution >= 0.6 is 0 Å². The van der Waals surface area contributed by atoms with Crippen LogP contribution in [-0.4, -0.2) is 72.6 Å². The Balaban J connectivity index is 1.92. The predicted molar refractivity (Wildman–Crippen MR) is 75.4 cm³/mol. The summed E-state index contributed by atoms with van der Waals surface area (Å²) in [5, 5.41) is 27.1. The highest BCUT2D eigenvalue weighted by molar-refractivity contribution is 5.74. The van der Waals surface area contributed by atoms with Crippen molar-refractivity contribution in [3.8, 4) is 11.5 Å². The number of carbonyl (C=O) groups excluding carboxylic acids is 1. The maximum Gasteiger partial charge on any atom is 0.317 e. The van der Waals surface area contributed by atoms with Gasteiger partial charge in [-0.2, -0.15) is 5.10 Å². The number of urea groups is 1. The zero-order chi connectivity index (χ0) is 15.8. The third-order valence-electron chi connectivity index (χ3n) is 2.76. The Morgan fingerprint density at radius 2 is 2.05 bits per heavy atom. The third kappa shape index (κ3) is 4.20. The number of rotatable bonds is 7. The summed E-state index contributed by atoms with van der Waals surface area (Å²) in [5.74, 6) is 0.849. The van der Waals surface area contributed by atoms with Crippen LogP contribution in [0, 0.1) is 0 Å². The largest absolute Gasteiger partial charge is 0.395 e. The first-order valence-electron chi connectivity index (χ1n) is 6.66. The standard InChI is InChI=1S/C12H17N7O3/c20-5-3-19(4-6-21)12(22)15-8-10-16-11(18-17-10)9-7-13-1-2-14-9/h1-2,7,20-21H,3-6,8H2,(H,15,22)(H,16,17,18). The monoisotopic (exact) mass is 307 g/mol. The second-order valence-corrected chi connectivity index (χ2v) is 4.29. The predicted octanol–water partition coefficient (Wildman–Crippen LogP) is -1.24. The van der Waals surface area contributed by atoms with Crippen molar-refractivity contribution in [3.63, 3.8) is 0 Å². The van der Waals surface area contributed by atoms with Gasteiger partial charge in [-0.25, -0.2) is 14.8 Å². The number of hydrogen-bond acceptors (Lipinski definition) is 7. The number of H-pyrrole nitrogens is 1. The molecule has 0 aliphatic rings. The van der Waals surface area contributed by atoms with E-state index in [1.807, 2.05) is 0 Å². The number of aliphatic hydroxyl groups excluding tert-OH is 2. The molecule has 0 unspecified atom stereocenters. The van der Waals surface area contributed by atoms with Crippen LogP contribution in [0.5, 0.6) is 0 Å². The summed E-state index contributed by atoms with van der Waals surface area (Å²) in [5.41, 5.74) is 0.526. The number of hydrogen-bond donors (Lipinski definition) is 4. The van der Waals surface area contributed by atoms with E-state index in [0.717, 1.165) is 0 Å². The summed E-state index contributed by atoms with van der Waals surface area (Å²) < 4.78 is 0. The maximum absolute atomic E-state index is 11.9. The number of amides is 2. The second-order valence-electron chi connectivity index (χ2n) is 4.29. The molecule has 2 rings (SSSR count). The van der Waals surface area contributed by atoms with E-state index < -0.39 is 6.03 Å². The van der Waals surface area contributed by atoms with E-state index in [1.165, 1.54) is 17.3 Å². The Labute approximate surface area is 126 Å². The van der Waals surface area contributed by atoms with Gasteiger partial charge < -0.3 is 20.4 Å². The van der Waals surface area contributed by atoms with Crippen LogP contribution in [0.3, 0.4) is 0 Å². The van der Waals surface area contributed by atoms with Gasteiger partial charge in [0.25, 0.3) is 0 Å². The molecule has 0 atom stereocenters. The van der Waals surface area contributed by atoms with Gasteiger partial charge in [-0.3, -0.25) is 10.1 Å². The minimum atomic E-state index is -0.402. The molecule has 2 aromatic heterocycles. The highest BCUT2D eigenvalue weighted by Gasteiger charge is 2.13. The van der Waals surface area contributed by atoms with Gasteiger partial charge >= 0.3 is 6.03 Å². The lowest BCUT2D eigenvalue weighted by Gasteiger charge is -2.20. The van der Waals surface area contributed by atoms with Crippen molar-refractivity contribution in [2.45, 2.75) is 6.54 Å². The Bertz CT molecular complexity index is 583. The van der Waals surface area contributed by atoms with Crippen LogP contribution in [0.2, 0.25) is 0 Å². The summed E-state index contributed by atoms with van der Waals surface area (Å²) in [6, 6.07) is -0.402. The molecule has 2 amide bonds. The lowest BCUT2D eigenvalue weighted by molar-refractivity contribution is 0.158. The topological polar surface area (TPSA) is 140 Å². The van der Waals surface area contributed by atoms with Gasteiger partial charge in [0.1, 0.15) is 11.5 Å². The maximum atomic E-state index is 11.9. The Kier molecular flexibility index (Phi) is 5.74. The molecule has 4 N–H and O–H groups in total. The number of nitrogens with one attached hydrogen (secondary N) is 2. The van der Waals surface area contributed by atoms with Crippen molar-refractivity contribution in [2.24, 2.45) is 0 Å². The minimum absolute atomic E-state index is 0.138. The fraction of sp³-hybridized carbons (Fsp3) is 0.417. The van der Waals surface area contributed by atoms with Crippen LogP contribution in [0.4, 0.5) is 4.79 Å². The second kappa shape index (κ2) is 8.00. The average Bonchev–Trinajstić information content (AvgIpc) is 3.02. The van der Waals surface area contributed by atoms with Gasteiger partial charge in [0.2, 0.25) is 5.82 Å². The summed E-state index contributed by atoms with van der Waals surface area (Å²) >= 11 is 0. The number of aromatic nitrogens is 5. The Morgan fingerprint density at radius 1 is 1.27 bits per heavy atom. The lowest BCUT2D eigenvalue weighted by Crippen LogP contribution is -2.42. The smallest absolute Gasteiger partial charge is 0.317 e. The van der Waals surface area contributed by atoms with Gasteiger partial charge in [-0.15, -0.1) is 0 Å². The quantitative estimate of drug-likeness (QED) is 0.501. The van der Waals surface area contributed by atoms with Gasteiger partial charge in [-0.1, -0.05) is 0 Å². The number of nitrogens with zero attached hydrogens (tertiary/aromatic N) is 5. The van der Waals surface area contributed by atoms with Crippen molar-refractivity contribution in [2.75, 3.05) is 26.3 Å². The molecule has 2 aromatic rings. The third-order valence-corrected chi connectivity index (χ3v) is 2.76.